The molecular formula is C26H46. The highest BCUT2D eigenvalue weighted by atomic mass is 14.2. The molecule has 0 aliphatic heterocycles. The first-order valence-electron chi connectivity index (χ1n) is 11.2. The predicted octanol–water partition coefficient (Wildman–Crippen LogP) is 8.59. The van der Waals surface area contributed by atoms with Crippen molar-refractivity contribution in [3.63, 3.8) is 0 Å². The lowest BCUT2D eigenvalue weighted by Crippen LogP contribution is -2.08. The summed E-state index contributed by atoms with van der Waals surface area (Å²) < 4.78 is 0. The summed E-state index contributed by atoms with van der Waals surface area (Å²) in [5.41, 5.74) is 5.58. The van der Waals surface area contributed by atoms with E-state index in [0.29, 0.717) is 0 Å². The lowest BCUT2D eigenvalue weighted by Gasteiger charge is -2.22. The van der Waals surface area contributed by atoms with Gasteiger partial charge in [-0.3, -0.25) is 0 Å². The molecule has 26 heavy (non-hydrogen) atoms. The normalized spacial score (nSPS) is 28.3. The van der Waals surface area contributed by atoms with Crippen molar-refractivity contribution in [1.29, 1.82) is 0 Å². The minimum Gasteiger partial charge on any atom is -0.0625 e. The first-order chi connectivity index (χ1) is 12.2. The van der Waals surface area contributed by atoms with Gasteiger partial charge in [0.1, 0.15) is 0 Å². The van der Waals surface area contributed by atoms with Crippen molar-refractivity contribution >= 4 is 0 Å². The molecule has 1 aromatic carbocycles. The van der Waals surface area contributed by atoms with Crippen LogP contribution in [0.4, 0.5) is 0 Å². The second kappa shape index (κ2) is 11.8. The fourth-order valence-electron chi connectivity index (χ4n) is 4.11. The molecule has 0 N–H and O–H groups in total. The molecule has 0 heteroatoms. The summed E-state index contributed by atoms with van der Waals surface area (Å²) in [5, 5.41) is 0. The van der Waals surface area contributed by atoms with Gasteiger partial charge in [0.05, 0.1) is 0 Å². The Bertz CT molecular complexity index is 434. The van der Waals surface area contributed by atoms with Gasteiger partial charge in [-0.15, -0.1) is 0 Å². The first-order valence-corrected chi connectivity index (χ1v) is 11.2. The maximum Gasteiger partial charge on any atom is -0.0392 e. The Hall–Kier alpha value is -0.780. The Balaban J connectivity index is 0.000000197. The van der Waals surface area contributed by atoms with Crippen molar-refractivity contribution in [3.8, 4) is 0 Å². The van der Waals surface area contributed by atoms with E-state index in [1.54, 1.807) is 0 Å². The van der Waals surface area contributed by atoms with E-state index >= 15 is 0 Å². The molecule has 0 spiro atoms. The quantitative estimate of drug-likeness (QED) is 0.435. The molecule has 2 fully saturated rings. The molecule has 0 bridgehead atoms. The third-order valence-corrected chi connectivity index (χ3v) is 6.68. The van der Waals surface area contributed by atoms with Crippen LogP contribution >= 0.6 is 0 Å². The number of benzene rings is 1. The van der Waals surface area contributed by atoms with Gasteiger partial charge in [-0.2, -0.15) is 0 Å². The topological polar surface area (TPSA) is 0 Å². The number of rotatable bonds is 0. The van der Waals surface area contributed by atoms with Crippen LogP contribution < -0.4 is 0 Å². The van der Waals surface area contributed by atoms with Crippen molar-refractivity contribution in [3.05, 3.63) is 34.4 Å². The van der Waals surface area contributed by atoms with E-state index in [1.807, 2.05) is 0 Å². The van der Waals surface area contributed by atoms with E-state index in [9.17, 15) is 0 Å². The van der Waals surface area contributed by atoms with Gasteiger partial charge in [0.25, 0.3) is 0 Å². The summed E-state index contributed by atoms with van der Waals surface area (Å²) in [5.74, 6) is 4.08. The first kappa shape index (κ1) is 23.3. The van der Waals surface area contributed by atoms with Gasteiger partial charge in [-0.25, -0.2) is 0 Å². The molecule has 0 radical (unpaired) electrons. The monoisotopic (exact) mass is 358 g/mol. The second-order valence-electron chi connectivity index (χ2n) is 9.75. The third-order valence-electron chi connectivity index (χ3n) is 6.68. The highest BCUT2D eigenvalue weighted by molar-refractivity contribution is 5.36. The maximum absolute atomic E-state index is 2.37. The maximum atomic E-state index is 2.37. The van der Waals surface area contributed by atoms with Crippen LogP contribution in [0.2, 0.25) is 0 Å². The fourth-order valence-corrected chi connectivity index (χ4v) is 4.11. The summed E-state index contributed by atoms with van der Waals surface area (Å²) in [6, 6.07) is 4.45. The van der Waals surface area contributed by atoms with E-state index in [-0.39, 0.29) is 0 Å². The largest absolute Gasteiger partial charge is 0.0625 e. The summed E-state index contributed by atoms with van der Waals surface area (Å²) in [7, 11) is 0. The lowest BCUT2D eigenvalue weighted by molar-refractivity contribution is 0.308. The standard InChI is InChI=1S/C10H14.2C8H16/c1-7-5-8(2)10(4)9(3)6-7;2*1-7-3-5-8(2)6-4-7/h5-6H,1-4H3;2*7-8H,3-6H2,1-2H3. The minimum atomic E-state index is 1.02. The predicted molar refractivity (Wildman–Crippen MR) is 119 cm³/mol. The molecule has 0 nitrogen and oxygen atoms in total. The summed E-state index contributed by atoms with van der Waals surface area (Å²) in [6.07, 6.45) is 11.8. The van der Waals surface area contributed by atoms with E-state index in [4.69, 9.17) is 0 Å². The van der Waals surface area contributed by atoms with Crippen LogP contribution in [0, 0.1) is 51.4 Å². The Morgan fingerprint density at radius 3 is 0.962 bits per heavy atom. The Morgan fingerprint density at radius 2 is 0.731 bits per heavy atom. The van der Waals surface area contributed by atoms with Crippen LogP contribution in [0.1, 0.15) is 101 Å². The molecule has 2 saturated carbocycles. The summed E-state index contributed by atoms with van der Waals surface area (Å²) in [6.45, 7) is 18.1. The van der Waals surface area contributed by atoms with Gasteiger partial charge in [0, 0.05) is 0 Å². The summed E-state index contributed by atoms with van der Waals surface area (Å²) in [4.78, 5) is 0. The van der Waals surface area contributed by atoms with Gasteiger partial charge in [-0.1, -0.05) is 96.8 Å². The summed E-state index contributed by atoms with van der Waals surface area (Å²) >= 11 is 0. The molecule has 0 aromatic heterocycles. The van der Waals surface area contributed by atoms with E-state index in [2.05, 4.69) is 67.5 Å². The Morgan fingerprint density at radius 1 is 0.500 bits per heavy atom. The van der Waals surface area contributed by atoms with E-state index in [0.717, 1.165) is 23.7 Å². The second-order valence-corrected chi connectivity index (χ2v) is 9.75. The van der Waals surface area contributed by atoms with Gasteiger partial charge in [0.2, 0.25) is 0 Å². The molecule has 3 rings (SSSR count). The smallest absolute Gasteiger partial charge is 0.0392 e. The van der Waals surface area contributed by atoms with Crippen LogP contribution in [0.3, 0.4) is 0 Å². The zero-order valence-corrected chi connectivity index (χ0v) is 19.1. The van der Waals surface area contributed by atoms with Gasteiger partial charge in [-0.05, 0) is 68.1 Å². The van der Waals surface area contributed by atoms with Crippen molar-refractivity contribution in [2.24, 2.45) is 23.7 Å². The minimum absolute atomic E-state index is 1.02. The van der Waals surface area contributed by atoms with Crippen molar-refractivity contribution in [1.82, 2.24) is 0 Å². The average Bonchev–Trinajstić information content (AvgIpc) is 2.59. The molecule has 0 amide bonds. The fraction of sp³-hybridized carbons (Fsp3) is 0.769. The van der Waals surface area contributed by atoms with Crippen LogP contribution in [0.15, 0.2) is 12.1 Å². The zero-order chi connectivity index (χ0) is 19.7. The molecule has 0 atom stereocenters. The molecule has 1 aromatic rings. The lowest BCUT2D eigenvalue weighted by atomic mass is 9.84. The number of hydrogen-bond donors (Lipinski definition) is 0. The van der Waals surface area contributed by atoms with Gasteiger partial charge >= 0.3 is 0 Å². The molecule has 2 aliphatic rings. The SMILES string of the molecule is CC1CCC(C)CC1.CC1CCC(C)CC1.Cc1cc(C)c(C)c(C)c1. The van der Waals surface area contributed by atoms with Crippen molar-refractivity contribution < 1.29 is 0 Å². The molecule has 0 unspecified atom stereocenters. The highest BCUT2D eigenvalue weighted by Crippen LogP contribution is 2.27. The molecule has 2 aliphatic carbocycles. The molecular weight excluding hydrogens is 312 g/mol. The zero-order valence-electron chi connectivity index (χ0n) is 19.1. The van der Waals surface area contributed by atoms with Crippen molar-refractivity contribution in [2.75, 3.05) is 0 Å². The number of aryl methyl sites for hydroxylation is 3. The highest BCUT2D eigenvalue weighted by Gasteiger charge is 2.13. The average molecular weight is 359 g/mol. The Kier molecular flexibility index (Phi) is 10.6. The van der Waals surface area contributed by atoms with Crippen LogP contribution in [-0.2, 0) is 0 Å². The third kappa shape index (κ3) is 9.24. The van der Waals surface area contributed by atoms with Gasteiger partial charge in [0.15, 0.2) is 0 Å². The number of hydrogen-bond acceptors (Lipinski definition) is 0. The Labute approximate surface area is 165 Å². The van der Waals surface area contributed by atoms with Gasteiger partial charge < -0.3 is 0 Å². The van der Waals surface area contributed by atoms with E-state index < -0.39 is 0 Å². The van der Waals surface area contributed by atoms with Crippen molar-refractivity contribution in [2.45, 2.75) is 107 Å². The van der Waals surface area contributed by atoms with Crippen LogP contribution in [-0.4, -0.2) is 0 Å². The molecule has 150 valence electrons. The van der Waals surface area contributed by atoms with E-state index in [1.165, 1.54) is 73.6 Å². The molecule has 0 heterocycles. The molecule has 0 saturated heterocycles. The van der Waals surface area contributed by atoms with Crippen LogP contribution in [0.25, 0.3) is 0 Å². The van der Waals surface area contributed by atoms with Crippen LogP contribution in [0.5, 0.6) is 0 Å².